The molecule has 1 fully saturated rings. The van der Waals surface area contributed by atoms with Crippen LogP contribution in [-0.4, -0.2) is 65.0 Å². The number of hydrogen-bond acceptors (Lipinski definition) is 6. The second-order valence-corrected chi connectivity index (χ2v) is 6.75. The molecular weight excluding hydrogens is 372 g/mol. The van der Waals surface area contributed by atoms with Crippen molar-refractivity contribution in [3.63, 3.8) is 0 Å². The predicted octanol–water partition coefficient (Wildman–Crippen LogP) is 2.52. The molecule has 1 heterocycles. The molecule has 7 nitrogen and oxygen atoms in total. The molecule has 1 amide bonds. The monoisotopic (exact) mass is 400 g/mol. The molecule has 1 saturated heterocycles. The minimum Gasteiger partial charge on any atom is -0.497 e. The maximum atomic E-state index is 12.8. The molecule has 29 heavy (non-hydrogen) atoms. The van der Waals surface area contributed by atoms with Gasteiger partial charge in [-0.25, -0.2) is 0 Å². The maximum Gasteiger partial charge on any atom is 0.251 e. The summed E-state index contributed by atoms with van der Waals surface area (Å²) in [5.41, 5.74) is 1.62. The minimum absolute atomic E-state index is 0.0428. The van der Waals surface area contributed by atoms with E-state index in [0.717, 1.165) is 24.4 Å². The van der Waals surface area contributed by atoms with Crippen molar-refractivity contribution in [2.75, 3.05) is 54.2 Å². The first-order valence-electron chi connectivity index (χ1n) is 9.61. The number of carbonyl (C=O) groups excluding carboxylic acids is 1. The molecule has 0 aliphatic carbocycles. The Balaban J connectivity index is 1.76. The second-order valence-electron chi connectivity index (χ2n) is 6.75. The van der Waals surface area contributed by atoms with Crippen LogP contribution in [0.25, 0.3) is 0 Å². The zero-order valence-electron chi connectivity index (χ0n) is 17.1. The Morgan fingerprint density at radius 3 is 2.10 bits per heavy atom. The largest absolute Gasteiger partial charge is 0.497 e. The number of rotatable bonds is 8. The van der Waals surface area contributed by atoms with E-state index in [1.165, 1.54) is 0 Å². The molecule has 156 valence electrons. The number of nitrogens with one attached hydrogen (secondary N) is 1. The summed E-state index contributed by atoms with van der Waals surface area (Å²) in [6.45, 7) is 3.49. The first-order chi connectivity index (χ1) is 14.1. The van der Waals surface area contributed by atoms with E-state index in [1.807, 2.05) is 24.3 Å². The van der Waals surface area contributed by atoms with Gasteiger partial charge in [0.15, 0.2) is 0 Å². The SMILES string of the molecule is COc1ccc([C@@H](CNC(=O)c2cc(OC)cc(OC)c2)N2CCOCC2)cc1. The summed E-state index contributed by atoms with van der Waals surface area (Å²) in [4.78, 5) is 15.1. The van der Waals surface area contributed by atoms with Gasteiger partial charge in [-0.1, -0.05) is 12.1 Å². The molecular formula is C22H28N2O5. The zero-order chi connectivity index (χ0) is 20.6. The molecule has 0 radical (unpaired) electrons. The van der Waals surface area contributed by atoms with E-state index in [1.54, 1.807) is 39.5 Å². The summed E-state index contributed by atoms with van der Waals surface area (Å²) in [7, 11) is 4.78. The highest BCUT2D eigenvalue weighted by atomic mass is 16.5. The quantitative estimate of drug-likeness (QED) is 0.734. The van der Waals surface area contributed by atoms with Gasteiger partial charge in [0.25, 0.3) is 5.91 Å². The highest BCUT2D eigenvalue weighted by Crippen LogP contribution is 2.25. The number of benzene rings is 2. The Morgan fingerprint density at radius 1 is 0.966 bits per heavy atom. The van der Waals surface area contributed by atoms with E-state index in [9.17, 15) is 4.79 Å². The molecule has 0 aromatic heterocycles. The van der Waals surface area contributed by atoms with Crippen molar-refractivity contribution < 1.29 is 23.7 Å². The fraction of sp³-hybridized carbons (Fsp3) is 0.409. The van der Waals surface area contributed by atoms with E-state index >= 15 is 0 Å². The summed E-state index contributed by atoms with van der Waals surface area (Å²) in [6, 6.07) is 13.2. The van der Waals surface area contributed by atoms with Crippen molar-refractivity contribution in [1.82, 2.24) is 10.2 Å². The van der Waals surface area contributed by atoms with E-state index < -0.39 is 0 Å². The molecule has 2 aromatic rings. The number of hydrogen-bond donors (Lipinski definition) is 1. The predicted molar refractivity (Wildman–Crippen MR) is 110 cm³/mol. The van der Waals surface area contributed by atoms with Crippen molar-refractivity contribution in [3.8, 4) is 17.2 Å². The molecule has 0 unspecified atom stereocenters. The van der Waals surface area contributed by atoms with Crippen LogP contribution in [0.3, 0.4) is 0 Å². The Kier molecular flexibility index (Phi) is 7.32. The van der Waals surface area contributed by atoms with Crippen LogP contribution in [0.4, 0.5) is 0 Å². The van der Waals surface area contributed by atoms with Gasteiger partial charge in [0.2, 0.25) is 0 Å². The Morgan fingerprint density at radius 2 is 1.55 bits per heavy atom. The molecule has 1 atom stereocenters. The molecule has 2 aromatic carbocycles. The Labute approximate surface area is 171 Å². The number of methoxy groups -OCH3 is 3. The molecule has 0 bridgehead atoms. The number of nitrogens with zero attached hydrogens (tertiary/aromatic N) is 1. The van der Waals surface area contributed by atoms with Crippen molar-refractivity contribution in [3.05, 3.63) is 53.6 Å². The fourth-order valence-corrected chi connectivity index (χ4v) is 3.40. The fourth-order valence-electron chi connectivity index (χ4n) is 3.40. The van der Waals surface area contributed by atoms with E-state index in [4.69, 9.17) is 18.9 Å². The van der Waals surface area contributed by atoms with E-state index in [0.29, 0.717) is 36.8 Å². The van der Waals surface area contributed by atoms with Gasteiger partial charge < -0.3 is 24.3 Å². The molecule has 1 N–H and O–H groups in total. The normalized spacial score (nSPS) is 15.4. The van der Waals surface area contributed by atoms with E-state index in [2.05, 4.69) is 10.2 Å². The summed E-state index contributed by atoms with van der Waals surface area (Å²) in [5.74, 6) is 1.79. The second kappa shape index (κ2) is 10.1. The van der Waals surface area contributed by atoms with Crippen LogP contribution in [0.15, 0.2) is 42.5 Å². The van der Waals surface area contributed by atoms with Crippen LogP contribution < -0.4 is 19.5 Å². The van der Waals surface area contributed by atoms with Crippen molar-refractivity contribution in [2.24, 2.45) is 0 Å². The van der Waals surface area contributed by atoms with E-state index in [-0.39, 0.29) is 11.9 Å². The third-order valence-corrected chi connectivity index (χ3v) is 5.06. The van der Waals surface area contributed by atoms with Gasteiger partial charge in [-0.3, -0.25) is 9.69 Å². The first-order valence-corrected chi connectivity index (χ1v) is 9.61. The van der Waals surface area contributed by atoms with Crippen LogP contribution in [0.1, 0.15) is 22.0 Å². The van der Waals surface area contributed by atoms with Gasteiger partial charge in [-0.15, -0.1) is 0 Å². The summed E-state index contributed by atoms with van der Waals surface area (Å²) in [5, 5.41) is 3.06. The Hall–Kier alpha value is -2.77. The lowest BCUT2D eigenvalue weighted by molar-refractivity contribution is 0.0162. The molecule has 0 spiro atoms. The van der Waals surface area contributed by atoms with Crippen LogP contribution in [0, 0.1) is 0 Å². The molecule has 1 aliphatic heterocycles. The van der Waals surface area contributed by atoms with Gasteiger partial charge >= 0.3 is 0 Å². The average Bonchev–Trinajstić information content (AvgIpc) is 2.79. The minimum atomic E-state index is -0.172. The summed E-state index contributed by atoms with van der Waals surface area (Å²) < 4.78 is 21.3. The maximum absolute atomic E-state index is 12.8. The number of amides is 1. The standard InChI is InChI=1S/C22H28N2O5/c1-26-18-6-4-16(5-7-18)21(24-8-10-29-11-9-24)15-23-22(25)17-12-19(27-2)14-20(13-17)28-3/h4-7,12-14,21H,8-11,15H2,1-3H3,(H,23,25)/t21-/m1/s1. The smallest absolute Gasteiger partial charge is 0.251 e. The van der Waals surface area contributed by atoms with Crippen molar-refractivity contribution >= 4 is 5.91 Å². The van der Waals surface area contributed by atoms with Crippen LogP contribution >= 0.6 is 0 Å². The summed E-state index contributed by atoms with van der Waals surface area (Å²) >= 11 is 0. The lowest BCUT2D eigenvalue weighted by atomic mass is 10.0. The molecule has 1 aliphatic rings. The average molecular weight is 400 g/mol. The molecule has 7 heteroatoms. The molecule has 3 rings (SSSR count). The topological polar surface area (TPSA) is 69.3 Å². The first kappa shape index (κ1) is 21.0. The summed E-state index contributed by atoms with van der Waals surface area (Å²) in [6.07, 6.45) is 0. The Bertz CT molecular complexity index is 781. The number of morpholine rings is 1. The number of ether oxygens (including phenoxy) is 4. The van der Waals surface area contributed by atoms with Gasteiger partial charge in [-0.05, 0) is 29.8 Å². The zero-order valence-corrected chi connectivity index (χ0v) is 17.1. The van der Waals surface area contributed by atoms with Gasteiger partial charge in [0.05, 0.1) is 40.6 Å². The van der Waals surface area contributed by atoms with Gasteiger partial charge in [-0.2, -0.15) is 0 Å². The van der Waals surface area contributed by atoms with Gasteiger partial charge in [0.1, 0.15) is 17.2 Å². The lowest BCUT2D eigenvalue weighted by Crippen LogP contribution is -2.43. The lowest BCUT2D eigenvalue weighted by Gasteiger charge is -2.35. The molecule has 0 saturated carbocycles. The third-order valence-electron chi connectivity index (χ3n) is 5.06. The highest BCUT2D eigenvalue weighted by molar-refractivity contribution is 5.95. The number of carbonyl (C=O) groups is 1. The van der Waals surface area contributed by atoms with Crippen LogP contribution in [0.2, 0.25) is 0 Å². The van der Waals surface area contributed by atoms with Crippen LogP contribution in [-0.2, 0) is 4.74 Å². The third kappa shape index (κ3) is 5.40. The van der Waals surface area contributed by atoms with Gasteiger partial charge in [0, 0.05) is 31.3 Å². The van der Waals surface area contributed by atoms with Crippen LogP contribution in [0.5, 0.6) is 17.2 Å². The van der Waals surface area contributed by atoms with Crippen molar-refractivity contribution in [2.45, 2.75) is 6.04 Å². The van der Waals surface area contributed by atoms with Crippen molar-refractivity contribution in [1.29, 1.82) is 0 Å². The highest BCUT2D eigenvalue weighted by Gasteiger charge is 2.23.